The highest BCUT2D eigenvalue weighted by molar-refractivity contribution is 6.30. The van der Waals surface area contributed by atoms with Crippen LogP contribution in [0.5, 0.6) is 0 Å². The molecule has 2 aliphatic heterocycles. The van der Waals surface area contributed by atoms with Gasteiger partial charge in [0.15, 0.2) is 0 Å². The zero-order valence-electron chi connectivity index (χ0n) is 21.6. The van der Waals surface area contributed by atoms with Gasteiger partial charge in [0, 0.05) is 67.7 Å². The predicted octanol–water partition coefficient (Wildman–Crippen LogP) is 5.66. The maximum absolute atomic E-state index is 13.3. The molecule has 4 rings (SSSR count). The summed E-state index contributed by atoms with van der Waals surface area (Å²) in [5.74, 6) is 0.0979. The molecule has 1 N–H and O–H groups in total. The van der Waals surface area contributed by atoms with Crippen LogP contribution >= 0.6 is 11.6 Å². The second-order valence-corrected chi connectivity index (χ2v) is 10.5. The SMILES string of the molecule is O=C(CCCN1CCCN(c2ccc(Cl)cc2)CC1)N1CCC(Nc2ccc([N+](=O)[O-])c(C(F)(F)F)c2)CC1. The molecule has 2 aromatic rings. The lowest BCUT2D eigenvalue weighted by molar-refractivity contribution is -0.388. The molecule has 8 nitrogen and oxygen atoms in total. The van der Waals surface area contributed by atoms with Crippen LogP contribution in [0.4, 0.5) is 30.2 Å². The number of nitro benzene ring substituents is 1. The third kappa shape index (κ3) is 7.98. The van der Waals surface area contributed by atoms with Gasteiger partial charge in [0.1, 0.15) is 5.56 Å². The van der Waals surface area contributed by atoms with Crippen molar-refractivity contribution < 1.29 is 22.9 Å². The molecule has 0 radical (unpaired) electrons. The van der Waals surface area contributed by atoms with Crippen LogP contribution in [0.3, 0.4) is 0 Å². The normalized spacial score (nSPS) is 17.6. The molecule has 0 aromatic heterocycles. The molecule has 0 saturated carbocycles. The van der Waals surface area contributed by atoms with Crippen LogP contribution in [0, 0.1) is 10.1 Å². The lowest BCUT2D eigenvalue weighted by atomic mass is 10.0. The molecular formula is C27H33ClF3N5O3. The number of hydrogen-bond donors (Lipinski definition) is 1. The molecule has 0 bridgehead atoms. The summed E-state index contributed by atoms with van der Waals surface area (Å²) in [5, 5.41) is 14.7. The summed E-state index contributed by atoms with van der Waals surface area (Å²) in [6.45, 7) is 5.75. The Kier molecular flexibility index (Phi) is 9.55. The van der Waals surface area contributed by atoms with Crippen LogP contribution in [0.15, 0.2) is 42.5 Å². The molecule has 2 aromatic carbocycles. The number of rotatable bonds is 8. The van der Waals surface area contributed by atoms with Crippen LogP contribution in [-0.4, -0.2) is 72.5 Å². The zero-order chi connectivity index (χ0) is 28.0. The topological polar surface area (TPSA) is 82.0 Å². The van der Waals surface area contributed by atoms with E-state index >= 15 is 0 Å². The third-order valence-electron chi connectivity index (χ3n) is 7.36. The molecule has 1 amide bonds. The van der Waals surface area contributed by atoms with E-state index < -0.39 is 22.4 Å². The van der Waals surface area contributed by atoms with E-state index in [9.17, 15) is 28.1 Å². The van der Waals surface area contributed by atoms with Crippen molar-refractivity contribution in [3.05, 3.63) is 63.2 Å². The van der Waals surface area contributed by atoms with Crippen molar-refractivity contribution in [2.24, 2.45) is 0 Å². The van der Waals surface area contributed by atoms with E-state index in [0.717, 1.165) is 62.7 Å². The predicted molar refractivity (Wildman–Crippen MR) is 145 cm³/mol. The first-order valence-corrected chi connectivity index (χ1v) is 13.6. The quantitative estimate of drug-likeness (QED) is 0.327. The van der Waals surface area contributed by atoms with E-state index in [0.29, 0.717) is 32.4 Å². The summed E-state index contributed by atoms with van der Waals surface area (Å²) in [4.78, 5) is 29.3. The lowest BCUT2D eigenvalue weighted by Crippen LogP contribution is -2.42. The number of piperidine rings is 1. The second-order valence-electron chi connectivity index (χ2n) is 10.0. The number of hydrogen-bond acceptors (Lipinski definition) is 6. The average molecular weight is 568 g/mol. The van der Waals surface area contributed by atoms with Gasteiger partial charge in [-0.25, -0.2) is 0 Å². The van der Waals surface area contributed by atoms with Crippen LogP contribution in [0.1, 0.15) is 37.7 Å². The molecule has 2 saturated heterocycles. The summed E-state index contributed by atoms with van der Waals surface area (Å²) < 4.78 is 39.8. The summed E-state index contributed by atoms with van der Waals surface area (Å²) in [6.07, 6.45) is -1.34. The lowest BCUT2D eigenvalue weighted by Gasteiger charge is -2.33. The van der Waals surface area contributed by atoms with Gasteiger partial charge in [-0.1, -0.05) is 11.6 Å². The molecule has 2 heterocycles. The fraction of sp³-hybridized carbons (Fsp3) is 0.519. The highest BCUT2D eigenvalue weighted by atomic mass is 35.5. The molecule has 39 heavy (non-hydrogen) atoms. The molecule has 12 heteroatoms. The zero-order valence-corrected chi connectivity index (χ0v) is 22.4. The Morgan fingerprint density at radius 1 is 1.03 bits per heavy atom. The molecule has 0 unspecified atom stereocenters. The number of benzene rings is 2. The molecule has 2 fully saturated rings. The first-order valence-electron chi connectivity index (χ1n) is 13.2. The van der Waals surface area contributed by atoms with Crippen molar-refractivity contribution in [3.8, 4) is 0 Å². The monoisotopic (exact) mass is 567 g/mol. The fourth-order valence-electron chi connectivity index (χ4n) is 5.24. The first-order chi connectivity index (χ1) is 18.6. The van der Waals surface area contributed by atoms with Crippen molar-refractivity contribution in [2.45, 2.75) is 44.3 Å². The molecule has 0 spiro atoms. The average Bonchev–Trinajstić information content (AvgIpc) is 3.14. The number of halogens is 4. The number of nitro groups is 1. The standard InChI is InChI=1S/C27H33ClF3N5O3/c28-20-4-7-23(8-5-20)34-14-2-13-33(17-18-34)12-1-3-26(37)35-15-10-21(11-16-35)32-22-6-9-25(36(38)39)24(19-22)27(29,30)31/h4-9,19,21,32H,1-3,10-18H2. The number of carbonyl (C=O) groups excluding carboxylic acids is 1. The minimum atomic E-state index is -4.82. The minimum Gasteiger partial charge on any atom is -0.382 e. The Balaban J connectivity index is 1.18. The Morgan fingerprint density at radius 3 is 2.41 bits per heavy atom. The van der Waals surface area contributed by atoms with E-state index in [1.165, 1.54) is 11.8 Å². The van der Waals surface area contributed by atoms with Crippen molar-refractivity contribution >= 4 is 34.6 Å². The number of nitrogens with one attached hydrogen (secondary N) is 1. The first kappa shape index (κ1) is 28.9. The van der Waals surface area contributed by atoms with E-state index in [-0.39, 0.29) is 17.6 Å². The largest absolute Gasteiger partial charge is 0.423 e. The number of anilines is 2. The highest BCUT2D eigenvalue weighted by Crippen LogP contribution is 2.38. The van der Waals surface area contributed by atoms with E-state index in [1.807, 2.05) is 29.2 Å². The molecule has 0 aliphatic carbocycles. The maximum Gasteiger partial charge on any atom is 0.423 e. The van der Waals surface area contributed by atoms with Crippen LogP contribution in [-0.2, 0) is 11.0 Å². The number of alkyl halides is 3. The van der Waals surface area contributed by atoms with Gasteiger partial charge in [0.2, 0.25) is 5.91 Å². The van der Waals surface area contributed by atoms with E-state index in [4.69, 9.17) is 11.6 Å². The summed E-state index contributed by atoms with van der Waals surface area (Å²) in [6, 6.07) is 10.7. The number of likely N-dealkylation sites (tertiary alicyclic amines) is 1. The second kappa shape index (κ2) is 12.9. The van der Waals surface area contributed by atoms with Gasteiger partial charge in [-0.05, 0) is 75.2 Å². The van der Waals surface area contributed by atoms with Crippen molar-refractivity contribution in [2.75, 3.05) is 56.0 Å². The molecule has 2 aliphatic rings. The van der Waals surface area contributed by atoms with E-state index in [1.54, 1.807) is 0 Å². The Hall–Kier alpha value is -3.05. The Labute approximate surface area is 230 Å². The van der Waals surface area contributed by atoms with Crippen LogP contribution in [0.25, 0.3) is 0 Å². The van der Waals surface area contributed by atoms with Crippen LogP contribution in [0.2, 0.25) is 5.02 Å². The molecule has 212 valence electrons. The summed E-state index contributed by atoms with van der Waals surface area (Å²) in [7, 11) is 0. The Morgan fingerprint density at radius 2 is 1.74 bits per heavy atom. The third-order valence-corrected chi connectivity index (χ3v) is 7.61. The van der Waals surface area contributed by atoms with Gasteiger partial charge in [-0.3, -0.25) is 14.9 Å². The van der Waals surface area contributed by atoms with Crippen molar-refractivity contribution in [3.63, 3.8) is 0 Å². The molecule has 0 atom stereocenters. The summed E-state index contributed by atoms with van der Waals surface area (Å²) >= 11 is 6.00. The number of amides is 1. The van der Waals surface area contributed by atoms with Crippen LogP contribution < -0.4 is 10.2 Å². The summed E-state index contributed by atoms with van der Waals surface area (Å²) in [5.41, 5.74) is -0.881. The molecular weight excluding hydrogens is 535 g/mol. The van der Waals surface area contributed by atoms with Gasteiger partial charge in [-0.2, -0.15) is 13.2 Å². The number of carbonyl (C=O) groups is 1. The van der Waals surface area contributed by atoms with Gasteiger partial charge in [0.25, 0.3) is 5.69 Å². The van der Waals surface area contributed by atoms with Crippen molar-refractivity contribution in [1.29, 1.82) is 0 Å². The van der Waals surface area contributed by atoms with Gasteiger partial charge in [-0.15, -0.1) is 0 Å². The van der Waals surface area contributed by atoms with E-state index in [2.05, 4.69) is 15.1 Å². The number of nitrogens with zero attached hydrogens (tertiary/aromatic N) is 4. The van der Waals surface area contributed by atoms with Gasteiger partial charge in [0.05, 0.1) is 4.92 Å². The maximum atomic E-state index is 13.3. The fourth-order valence-corrected chi connectivity index (χ4v) is 5.36. The smallest absolute Gasteiger partial charge is 0.382 e. The van der Waals surface area contributed by atoms with Gasteiger partial charge >= 0.3 is 6.18 Å². The minimum absolute atomic E-state index is 0.0979. The Bertz CT molecular complexity index is 1140. The van der Waals surface area contributed by atoms with Gasteiger partial charge < -0.3 is 20.0 Å². The van der Waals surface area contributed by atoms with Crippen molar-refractivity contribution in [1.82, 2.24) is 9.80 Å². The highest BCUT2D eigenvalue weighted by Gasteiger charge is 2.38.